The van der Waals surface area contributed by atoms with Crippen molar-refractivity contribution in [2.24, 2.45) is 12.8 Å². The summed E-state index contributed by atoms with van der Waals surface area (Å²) < 4.78 is 1.83. The fourth-order valence-corrected chi connectivity index (χ4v) is 3.13. The molecule has 114 valence electrons. The summed E-state index contributed by atoms with van der Waals surface area (Å²) in [5, 5.41) is 4.20. The minimum Gasteiger partial charge on any atom is -0.323 e. The highest BCUT2D eigenvalue weighted by molar-refractivity contribution is 5.39. The van der Waals surface area contributed by atoms with E-state index in [1.54, 1.807) is 0 Å². The molecule has 1 heterocycles. The molecule has 0 spiro atoms. The highest BCUT2D eigenvalue weighted by Gasteiger charge is 2.15. The van der Waals surface area contributed by atoms with Gasteiger partial charge in [-0.05, 0) is 44.5 Å². The van der Waals surface area contributed by atoms with Crippen molar-refractivity contribution >= 4 is 0 Å². The lowest BCUT2D eigenvalue weighted by atomic mass is 9.94. The fourth-order valence-electron chi connectivity index (χ4n) is 3.13. The zero-order valence-corrected chi connectivity index (χ0v) is 13.7. The Labute approximate surface area is 127 Å². The number of hydrogen-bond acceptors (Lipinski definition) is 3. The maximum absolute atomic E-state index is 6.44. The summed E-state index contributed by atoms with van der Waals surface area (Å²) in [6.07, 6.45) is 3.95. The third kappa shape index (κ3) is 3.93. The Morgan fingerprint density at radius 2 is 1.86 bits per heavy atom. The Kier molecular flexibility index (Phi) is 4.80. The lowest BCUT2D eigenvalue weighted by molar-refractivity contribution is 0.304. The molecule has 0 amide bonds. The van der Waals surface area contributed by atoms with Crippen molar-refractivity contribution in [1.29, 1.82) is 0 Å². The smallest absolute Gasteiger partial charge is 0.0534 e. The van der Waals surface area contributed by atoms with E-state index in [1.807, 2.05) is 24.1 Å². The number of aryl methyl sites for hydroxylation is 4. The molecule has 0 fully saturated rings. The predicted octanol–water partition coefficient (Wildman–Crippen LogP) is 2.48. The van der Waals surface area contributed by atoms with Gasteiger partial charge in [-0.2, -0.15) is 5.10 Å². The molecule has 4 heteroatoms. The van der Waals surface area contributed by atoms with Crippen LogP contribution < -0.4 is 5.73 Å². The quantitative estimate of drug-likeness (QED) is 0.918. The molecule has 4 nitrogen and oxygen atoms in total. The lowest BCUT2D eigenvalue weighted by Crippen LogP contribution is -2.29. The molecule has 1 unspecified atom stereocenters. The van der Waals surface area contributed by atoms with E-state index in [1.165, 1.54) is 27.8 Å². The molecule has 1 aromatic heterocycles. The van der Waals surface area contributed by atoms with Crippen LogP contribution in [0, 0.1) is 20.8 Å². The Balaban J connectivity index is 2.05. The molecule has 2 rings (SSSR count). The Morgan fingerprint density at radius 3 is 2.38 bits per heavy atom. The van der Waals surface area contributed by atoms with Gasteiger partial charge in [0.05, 0.1) is 6.20 Å². The Morgan fingerprint density at radius 1 is 1.24 bits per heavy atom. The van der Waals surface area contributed by atoms with Crippen molar-refractivity contribution < 1.29 is 0 Å². The van der Waals surface area contributed by atoms with E-state index >= 15 is 0 Å². The molecule has 0 bridgehead atoms. The number of nitrogens with two attached hydrogens (primary N) is 1. The van der Waals surface area contributed by atoms with E-state index in [2.05, 4.69) is 50.0 Å². The van der Waals surface area contributed by atoms with Gasteiger partial charge in [-0.15, -0.1) is 0 Å². The molecule has 0 saturated carbocycles. The lowest BCUT2D eigenvalue weighted by Gasteiger charge is -2.24. The minimum atomic E-state index is 0.0345. The van der Waals surface area contributed by atoms with Gasteiger partial charge in [0.25, 0.3) is 0 Å². The molecule has 0 aliphatic rings. The predicted molar refractivity (Wildman–Crippen MR) is 87.1 cm³/mol. The number of likely N-dealkylation sites (N-methyl/N-ethyl adjacent to an activating group) is 1. The third-order valence-electron chi connectivity index (χ3n) is 3.83. The van der Waals surface area contributed by atoms with Crippen LogP contribution in [-0.2, 0) is 13.6 Å². The van der Waals surface area contributed by atoms with Crippen LogP contribution in [0.5, 0.6) is 0 Å². The second-order valence-electron chi connectivity index (χ2n) is 6.14. The van der Waals surface area contributed by atoms with E-state index in [4.69, 9.17) is 5.73 Å². The Hall–Kier alpha value is -1.65. The van der Waals surface area contributed by atoms with Crippen LogP contribution in [0.15, 0.2) is 24.5 Å². The van der Waals surface area contributed by atoms with Crippen LogP contribution in [0.4, 0.5) is 0 Å². The van der Waals surface area contributed by atoms with Crippen molar-refractivity contribution in [3.63, 3.8) is 0 Å². The van der Waals surface area contributed by atoms with Crippen molar-refractivity contribution in [3.05, 3.63) is 52.3 Å². The maximum Gasteiger partial charge on any atom is 0.0534 e. The van der Waals surface area contributed by atoms with E-state index in [9.17, 15) is 0 Å². The highest BCUT2D eigenvalue weighted by atomic mass is 15.2. The molecule has 1 aromatic carbocycles. The van der Waals surface area contributed by atoms with E-state index in [-0.39, 0.29) is 6.04 Å². The fraction of sp³-hybridized carbons (Fsp3) is 0.471. The standard InChI is InChI=1S/C17H26N4/c1-12-6-13(2)17(14(3)7-12)16(18)11-20(4)9-15-8-19-21(5)10-15/h6-8,10,16H,9,11,18H2,1-5H3. The summed E-state index contributed by atoms with van der Waals surface area (Å²) in [5.74, 6) is 0. The summed E-state index contributed by atoms with van der Waals surface area (Å²) in [6, 6.07) is 4.46. The minimum absolute atomic E-state index is 0.0345. The number of hydrogen-bond donors (Lipinski definition) is 1. The van der Waals surface area contributed by atoms with E-state index < -0.39 is 0 Å². The molecule has 0 aliphatic heterocycles. The number of benzene rings is 1. The first-order chi connectivity index (χ1) is 9.86. The second-order valence-corrected chi connectivity index (χ2v) is 6.14. The van der Waals surface area contributed by atoms with E-state index in [0.29, 0.717) is 0 Å². The van der Waals surface area contributed by atoms with Gasteiger partial charge in [-0.1, -0.05) is 17.7 Å². The van der Waals surface area contributed by atoms with Crippen LogP contribution in [-0.4, -0.2) is 28.3 Å². The Bertz CT molecular complexity index is 592. The topological polar surface area (TPSA) is 47.1 Å². The highest BCUT2D eigenvalue weighted by Crippen LogP contribution is 2.23. The average Bonchev–Trinajstić information content (AvgIpc) is 2.72. The van der Waals surface area contributed by atoms with Gasteiger partial charge in [0.15, 0.2) is 0 Å². The summed E-state index contributed by atoms with van der Waals surface area (Å²) in [5.41, 5.74) is 12.8. The zero-order valence-electron chi connectivity index (χ0n) is 13.7. The summed E-state index contributed by atoms with van der Waals surface area (Å²) in [7, 11) is 4.04. The van der Waals surface area contributed by atoms with Gasteiger partial charge < -0.3 is 10.6 Å². The van der Waals surface area contributed by atoms with Gasteiger partial charge in [-0.25, -0.2) is 0 Å². The van der Waals surface area contributed by atoms with Gasteiger partial charge in [0.2, 0.25) is 0 Å². The zero-order chi connectivity index (χ0) is 15.6. The molecular weight excluding hydrogens is 260 g/mol. The van der Waals surface area contributed by atoms with Crippen molar-refractivity contribution in [2.45, 2.75) is 33.4 Å². The molecule has 2 aromatic rings. The first-order valence-corrected chi connectivity index (χ1v) is 7.36. The van der Waals surface area contributed by atoms with Crippen molar-refractivity contribution in [2.75, 3.05) is 13.6 Å². The van der Waals surface area contributed by atoms with Gasteiger partial charge in [0, 0.05) is 37.9 Å². The number of aromatic nitrogens is 2. The monoisotopic (exact) mass is 286 g/mol. The van der Waals surface area contributed by atoms with Gasteiger partial charge in [0.1, 0.15) is 0 Å². The normalized spacial score (nSPS) is 12.9. The first-order valence-electron chi connectivity index (χ1n) is 7.36. The largest absolute Gasteiger partial charge is 0.323 e. The van der Waals surface area contributed by atoms with Crippen LogP contribution in [0.25, 0.3) is 0 Å². The summed E-state index contributed by atoms with van der Waals surface area (Å²) >= 11 is 0. The van der Waals surface area contributed by atoms with Crippen molar-refractivity contribution in [3.8, 4) is 0 Å². The van der Waals surface area contributed by atoms with Gasteiger partial charge in [-0.3, -0.25) is 4.68 Å². The van der Waals surface area contributed by atoms with Crippen molar-refractivity contribution in [1.82, 2.24) is 14.7 Å². The maximum atomic E-state index is 6.44. The van der Waals surface area contributed by atoms with E-state index in [0.717, 1.165) is 13.1 Å². The van der Waals surface area contributed by atoms with Crippen LogP contribution in [0.1, 0.15) is 33.9 Å². The number of nitrogens with zero attached hydrogens (tertiary/aromatic N) is 3. The summed E-state index contributed by atoms with van der Waals surface area (Å²) in [6.45, 7) is 8.13. The molecular formula is C17H26N4. The molecule has 21 heavy (non-hydrogen) atoms. The van der Waals surface area contributed by atoms with Crippen LogP contribution >= 0.6 is 0 Å². The molecule has 2 N–H and O–H groups in total. The third-order valence-corrected chi connectivity index (χ3v) is 3.83. The second kappa shape index (κ2) is 6.41. The molecule has 0 saturated heterocycles. The van der Waals surface area contributed by atoms with Gasteiger partial charge >= 0.3 is 0 Å². The molecule has 0 aliphatic carbocycles. The van der Waals surface area contributed by atoms with Crippen LogP contribution in [0.2, 0.25) is 0 Å². The summed E-state index contributed by atoms with van der Waals surface area (Å²) in [4.78, 5) is 2.25. The first kappa shape index (κ1) is 15.7. The SMILES string of the molecule is Cc1cc(C)c(C(N)CN(C)Cc2cnn(C)c2)c(C)c1. The number of rotatable bonds is 5. The van der Waals surface area contributed by atoms with Crippen LogP contribution in [0.3, 0.4) is 0 Å². The molecule has 0 radical (unpaired) electrons. The average molecular weight is 286 g/mol. The molecule has 1 atom stereocenters.